The summed E-state index contributed by atoms with van der Waals surface area (Å²) in [6.07, 6.45) is 5.89. The molecule has 0 saturated carbocycles. The van der Waals surface area contributed by atoms with E-state index >= 15 is 0 Å². The normalized spacial score (nSPS) is 13.0. The van der Waals surface area contributed by atoms with Gasteiger partial charge in [-0.2, -0.15) is 0 Å². The van der Waals surface area contributed by atoms with Crippen LogP contribution in [0, 0.1) is 5.92 Å². The predicted octanol–water partition coefficient (Wildman–Crippen LogP) is 5.24. The van der Waals surface area contributed by atoms with E-state index in [-0.39, 0.29) is 12.1 Å². The maximum absolute atomic E-state index is 6.32. The highest BCUT2D eigenvalue weighted by Gasteiger charge is 2.19. The third kappa shape index (κ3) is 4.97. The van der Waals surface area contributed by atoms with Gasteiger partial charge in [0.15, 0.2) is 6.23 Å². The molecule has 0 aliphatic rings. The Morgan fingerprint density at radius 2 is 1.96 bits per heavy atom. The van der Waals surface area contributed by atoms with E-state index in [2.05, 4.69) is 53.1 Å². The molecule has 1 aromatic carbocycles. The molecule has 144 valence electrons. The molecule has 3 rings (SSSR count). The fraction of sp³-hybridized carbons (Fsp3) is 0.217. The summed E-state index contributed by atoms with van der Waals surface area (Å²) < 4.78 is 6.19. The van der Waals surface area contributed by atoms with Crippen LogP contribution in [0.1, 0.15) is 18.1 Å². The largest absolute Gasteiger partial charge is 0.473 e. The summed E-state index contributed by atoms with van der Waals surface area (Å²) in [5.41, 5.74) is 3.71. The first kappa shape index (κ1) is 20.1. The molecule has 0 radical (unpaired) electrons. The third-order valence-electron chi connectivity index (χ3n) is 4.57. The van der Waals surface area contributed by atoms with Crippen LogP contribution in [0.2, 0.25) is 5.15 Å². The van der Waals surface area contributed by atoms with Crippen molar-refractivity contribution in [2.45, 2.75) is 19.6 Å². The lowest BCUT2D eigenvalue weighted by atomic mass is 9.99. The Kier molecular flexibility index (Phi) is 6.80. The van der Waals surface area contributed by atoms with Gasteiger partial charge in [-0.25, -0.2) is 4.98 Å². The van der Waals surface area contributed by atoms with E-state index in [1.54, 1.807) is 18.5 Å². The Hall–Kier alpha value is -2.69. The maximum Gasteiger partial charge on any atom is 0.152 e. The number of nitrogens with zero attached hydrogens (tertiary/aromatic N) is 2. The van der Waals surface area contributed by atoms with Gasteiger partial charge in [-0.15, -0.1) is 0 Å². The molecule has 0 fully saturated rings. The molecule has 2 atom stereocenters. The topological polar surface area (TPSA) is 47.0 Å². The third-order valence-corrected chi connectivity index (χ3v) is 4.88. The van der Waals surface area contributed by atoms with Crippen LogP contribution in [0.5, 0.6) is 5.75 Å². The summed E-state index contributed by atoms with van der Waals surface area (Å²) in [7, 11) is 1.89. The molecule has 0 spiro atoms. The number of halogens is 1. The fourth-order valence-corrected chi connectivity index (χ4v) is 3.29. The van der Waals surface area contributed by atoms with Crippen molar-refractivity contribution in [3.05, 3.63) is 83.8 Å². The lowest BCUT2D eigenvalue weighted by Crippen LogP contribution is -2.38. The van der Waals surface area contributed by atoms with Crippen molar-refractivity contribution in [3.63, 3.8) is 0 Å². The van der Waals surface area contributed by atoms with Crippen molar-refractivity contribution in [1.29, 1.82) is 0 Å². The monoisotopic (exact) mass is 393 g/mol. The Morgan fingerprint density at radius 3 is 2.68 bits per heavy atom. The molecule has 2 unspecified atom stereocenters. The van der Waals surface area contributed by atoms with Gasteiger partial charge in [-0.05, 0) is 42.8 Å². The highest BCUT2D eigenvalue weighted by Crippen LogP contribution is 2.29. The first-order valence-electron chi connectivity index (χ1n) is 9.23. The molecule has 0 saturated heterocycles. The van der Waals surface area contributed by atoms with Gasteiger partial charge in [0.05, 0.1) is 11.9 Å². The van der Waals surface area contributed by atoms with Crippen LogP contribution >= 0.6 is 11.6 Å². The van der Waals surface area contributed by atoms with E-state index < -0.39 is 0 Å². The fourth-order valence-electron chi connectivity index (χ4n) is 3.09. The standard InChI is InChI=1S/C23H24ClN3O/c1-4-17-10-11-26-21(13-17)20-14-19(15-27-22(20)24)28-23(25-3)16(2)12-18-8-6-5-7-9-18/h4-11,13-16,23,25H,1,12H2,2-3H3. The summed E-state index contributed by atoms with van der Waals surface area (Å²) in [5, 5.41) is 3.64. The first-order valence-corrected chi connectivity index (χ1v) is 9.60. The number of nitrogens with one attached hydrogen (secondary N) is 1. The lowest BCUT2D eigenvalue weighted by Gasteiger charge is -2.25. The zero-order valence-corrected chi connectivity index (χ0v) is 16.9. The van der Waals surface area contributed by atoms with Crippen LogP contribution in [0.4, 0.5) is 0 Å². The second-order valence-electron chi connectivity index (χ2n) is 6.68. The number of ether oxygens (including phenoxy) is 1. The molecule has 3 aromatic rings. The molecule has 4 nitrogen and oxygen atoms in total. The van der Waals surface area contributed by atoms with Crippen molar-refractivity contribution in [2.24, 2.45) is 5.92 Å². The Morgan fingerprint density at radius 1 is 1.18 bits per heavy atom. The quantitative estimate of drug-likeness (QED) is 0.419. The van der Waals surface area contributed by atoms with Crippen molar-refractivity contribution < 1.29 is 4.74 Å². The van der Waals surface area contributed by atoms with E-state index in [1.807, 2.05) is 31.3 Å². The second-order valence-corrected chi connectivity index (χ2v) is 7.04. The molecule has 0 amide bonds. The molecule has 2 aromatic heterocycles. The highest BCUT2D eigenvalue weighted by molar-refractivity contribution is 6.32. The minimum atomic E-state index is -0.163. The first-order chi connectivity index (χ1) is 13.6. The molecule has 1 N–H and O–H groups in total. The predicted molar refractivity (Wildman–Crippen MR) is 115 cm³/mol. The van der Waals surface area contributed by atoms with Crippen molar-refractivity contribution in [3.8, 4) is 17.0 Å². The summed E-state index contributed by atoms with van der Waals surface area (Å²) in [5.74, 6) is 0.901. The summed E-state index contributed by atoms with van der Waals surface area (Å²) >= 11 is 6.32. The maximum atomic E-state index is 6.32. The number of hydrogen-bond donors (Lipinski definition) is 1. The smallest absolute Gasteiger partial charge is 0.152 e. The molecule has 0 bridgehead atoms. The van der Waals surface area contributed by atoms with Gasteiger partial charge >= 0.3 is 0 Å². The summed E-state index contributed by atoms with van der Waals surface area (Å²) in [6.45, 7) is 5.96. The number of hydrogen-bond acceptors (Lipinski definition) is 4. The molecular formula is C23H24ClN3O. The van der Waals surface area contributed by atoms with Gasteiger partial charge in [-0.3, -0.25) is 10.3 Å². The molecule has 5 heteroatoms. The summed E-state index contributed by atoms with van der Waals surface area (Å²) in [6, 6.07) is 16.1. The molecule has 0 aliphatic carbocycles. The zero-order valence-electron chi connectivity index (χ0n) is 16.1. The van der Waals surface area contributed by atoms with Gasteiger partial charge in [0, 0.05) is 17.7 Å². The van der Waals surface area contributed by atoms with Gasteiger partial charge in [0.2, 0.25) is 0 Å². The highest BCUT2D eigenvalue weighted by atomic mass is 35.5. The lowest BCUT2D eigenvalue weighted by molar-refractivity contribution is 0.116. The van der Waals surface area contributed by atoms with Crippen LogP contribution in [0.25, 0.3) is 17.3 Å². The number of benzene rings is 1. The van der Waals surface area contributed by atoms with Crippen LogP contribution < -0.4 is 10.1 Å². The van der Waals surface area contributed by atoms with E-state index in [1.165, 1.54) is 5.56 Å². The Balaban J connectivity index is 1.80. The SMILES string of the molecule is C=Cc1ccnc(-c2cc(OC(NC)C(C)Cc3ccccc3)cnc2Cl)c1. The van der Waals surface area contributed by atoms with Crippen molar-refractivity contribution in [2.75, 3.05) is 7.05 Å². The zero-order chi connectivity index (χ0) is 19.9. The van der Waals surface area contributed by atoms with E-state index in [9.17, 15) is 0 Å². The van der Waals surface area contributed by atoms with E-state index in [4.69, 9.17) is 16.3 Å². The second kappa shape index (κ2) is 9.49. The van der Waals surface area contributed by atoms with Gasteiger partial charge in [-0.1, -0.05) is 61.5 Å². The molecule has 28 heavy (non-hydrogen) atoms. The van der Waals surface area contributed by atoms with Crippen molar-refractivity contribution in [1.82, 2.24) is 15.3 Å². The number of rotatable bonds is 8. The van der Waals surface area contributed by atoms with Gasteiger partial charge in [0.1, 0.15) is 10.9 Å². The average molecular weight is 394 g/mol. The van der Waals surface area contributed by atoms with Crippen molar-refractivity contribution >= 4 is 17.7 Å². The molecule has 0 aliphatic heterocycles. The minimum absolute atomic E-state index is 0.163. The Bertz CT molecular complexity index is 930. The summed E-state index contributed by atoms with van der Waals surface area (Å²) in [4.78, 5) is 8.69. The molecule has 2 heterocycles. The molecular weight excluding hydrogens is 370 g/mol. The van der Waals surface area contributed by atoms with Crippen LogP contribution in [0.3, 0.4) is 0 Å². The number of pyridine rings is 2. The Labute approximate surface area is 171 Å². The van der Waals surface area contributed by atoms with Gasteiger partial charge < -0.3 is 4.74 Å². The van der Waals surface area contributed by atoms with Crippen LogP contribution in [-0.2, 0) is 6.42 Å². The van der Waals surface area contributed by atoms with E-state index in [0.717, 1.165) is 23.2 Å². The van der Waals surface area contributed by atoms with Gasteiger partial charge in [0.25, 0.3) is 0 Å². The van der Waals surface area contributed by atoms with Crippen LogP contribution in [-0.4, -0.2) is 23.2 Å². The minimum Gasteiger partial charge on any atom is -0.473 e. The van der Waals surface area contributed by atoms with E-state index in [0.29, 0.717) is 10.9 Å². The van der Waals surface area contributed by atoms with Crippen LogP contribution in [0.15, 0.2) is 67.5 Å². The number of aromatic nitrogens is 2. The average Bonchev–Trinajstić information content (AvgIpc) is 2.73.